The Kier molecular flexibility index (Phi) is 2.51. The molecule has 2 aliphatic heterocycles. The van der Waals surface area contributed by atoms with Gasteiger partial charge >= 0.3 is 0 Å². The number of amides is 1. The minimum Gasteiger partial charge on any atom is -0.393 e. The lowest BCUT2D eigenvalue weighted by molar-refractivity contribution is -0.231. The van der Waals surface area contributed by atoms with E-state index in [1.165, 1.54) is 0 Å². The zero-order valence-electron chi connectivity index (χ0n) is 9.38. The quantitative estimate of drug-likeness (QED) is 0.712. The fourth-order valence-corrected chi connectivity index (χ4v) is 2.58. The fourth-order valence-electron chi connectivity index (χ4n) is 2.58. The Hall–Kier alpha value is -0.610. The zero-order valence-corrected chi connectivity index (χ0v) is 9.38. The minimum atomic E-state index is -0.275. The van der Waals surface area contributed by atoms with Gasteiger partial charge in [-0.2, -0.15) is 0 Å². The summed E-state index contributed by atoms with van der Waals surface area (Å²) >= 11 is 0. The van der Waals surface area contributed by atoms with Crippen LogP contribution in [0.4, 0.5) is 0 Å². The summed E-state index contributed by atoms with van der Waals surface area (Å²) in [6.07, 6.45) is 2.75. The van der Waals surface area contributed by atoms with Crippen LogP contribution in [0.2, 0.25) is 0 Å². The molecule has 3 aliphatic rings. The summed E-state index contributed by atoms with van der Waals surface area (Å²) in [4.78, 5) is 11.4. The fraction of sp³-hybridized carbons (Fsp3) is 0.909. The third kappa shape index (κ3) is 1.76. The second-order valence-electron chi connectivity index (χ2n) is 5.18. The molecule has 2 atom stereocenters. The molecule has 3 rings (SSSR count). The van der Waals surface area contributed by atoms with Crippen molar-refractivity contribution in [1.82, 2.24) is 5.32 Å². The van der Waals surface area contributed by atoms with Crippen LogP contribution in [0.3, 0.4) is 0 Å². The highest BCUT2D eigenvalue weighted by atomic mass is 16.6. The van der Waals surface area contributed by atoms with E-state index in [0.717, 1.165) is 19.3 Å². The Morgan fingerprint density at radius 2 is 2.07 bits per heavy atom. The van der Waals surface area contributed by atoms with Gasteiger partial charge < -0.3 is 15.2 Å². The number of rotatable bonds is 4. The molecule has 3 fully saturated rings. The Morgan fingerprint density at radius 1 is 1.47 bits per heavy atom. The van der Waals surface area contributed by atoms with Crippen molar-refractivity contribution < 1.29 is 14.6 Å². The molecule has 0 aromatic carbocycles. The highest BCUT2D eigenvalue weighted by Crippen LogP contribution is 2.54. The molecule has 2 N–H and O–H groups in total. The van der Waals surface area contributed by atoms with Gasteiger partial charge in [0.25, 0.3) is 0 Å². The Balaban J connectivity index is 1.81. The van der Waals surface area contributed by atoms with Gasteiger partial charge in [-0.05, 0) is 12.8 Å². The first kappa shape index (κ1) is 10.9. The van der Waals surface area contributed by atoms with Crippen LogP contribution in [-0.2, 0) is 9.53 Å². The summed E-state index contributed by atoms with van der Waals surface area (Å²) in [7, 11) is 0. The summed E-state index contributed by atoms with van der Waals surface area (Å²) in [6.45, 7) is 4.45. The van der Waals surface area contributed by atoms with Gasteiger partial charge in [0, 0.05) is 18.9 Å². The van der Waals surface area contributed by atoms with E-state index in [1.54, 1.807) is 0 Å². The van der Waals surface area contributed by atoms with E-state index in [9.17, 15) is 4.79 Å². The third-order valence-corrected chi connectivity index (χ3v) is 3.51. The summed E-state index contributed by atoms with van der Waals surface area (Å²) < 4.78 is 5.74. The van der Waals surface area contributed by atoms with Gasteiger partial charge in [0.1, 0.15) is 0 Å². The van der Waals surface area contributed by atoms with Crippen LogP contribution in [0.5, 0.6) is 0 Å². The average molecular weight is 213 g/mol. The topological polar surface area (TPSA) is 58.6 Å². The molecule has 1 aliphatic carbocycles. The first-order valence-corrected chi connectivity index (χ1v) is 5.60. The van der Waals surface area contributed by atoms with Gasteiger partial charge in [0.05, 0.1) is 17.8 Å². The van der Waals surface area contributed by atoms with Crippen LogP contribution in [0.25, 0.3) is 0 Å². The van der Waals surface area contributed by atoms with Gasteiger partial charge in [0.15, 0.2) is 0 Å². The third-order valence-electron chi connectivity index (χ3n) is 3.51. The molecule has 0 radical (unpaired) electrons. The van der Waals surface area contributed by atoms with Crippen molar-refractivity contribution in [2.45, 2.75) is 44.3 Å². The molecule has 4 nitrogen and oxygen atoms in total. The molecule has 1 unspecified atom stereocenters. The van der Waals surface area contributed by atoms with Crippen LogP contribution in [0.1, 0.15) is 33.1 Å². The van der Waals surface area contributed by atoms with Gasteiger partial charge in [-0.1, -0.05) is 13.8 Å². The Labute approximate surface area is 90.0 Å². The molecule has 2 saturated heterocycles. The number of hydrogen-bond donors (Lipinski definition) is 2. The van der Waals surface area contributed by atoms with Crippen LogP contribution >= 0.6 is 0 Å². The first-order chi connectivity index (χ1) is 7.01. The maximum atomic E-state index is 11.4. The molecule has 86 valence electrons. The van der Waals surface area contributed by atoms with Gasteiger partial charge in [-0.15, -0.1) is 0 Å². The van der Waals surface area contributed by atoms with Crippen molar-refractivity contribution in [3.63, 3.8) is 0 Å². The zero-order chi connectivity index (χ0) is 11.1. The van der Waals surface area contributed by atoms with E-state index in [-0.39, 0.29) is 29.6 Å². The highest BCUT2D eigenvalue weighted by Gasteiger charge is 2.61. The smallest absolute Gasteiger partial charge is 0.222 e. The van der Waals surface area contributed by atoms with Crippen molar-refractivity contribution in [1.29, 1.82) is 0 Å². The molecule has 4 heteroatoms. The van der Waals surface area contributed by atoms with E-state index >= 15 is 0 Å². The molecular weight excluding hydrogens is 194 g/mol. The molecule has 0 aromatic heterocycles. The highest BCUT2D eigenvalue weighted by molar-refractivity contribution is 5.77. The number of fused-ring (bicyclic) bond motifs is 1. The van der Waals surface area contributed by atoms with Crippen molar-refractivity contribution in [3.8, 4) is 0 Å². The molecule has 1 saturated carbocycles. The lowest BCUT2D eigenvalue weighted by Gasteiger charge is -2.47. The van der Waals surface area contributed by atoms with E-state index in [4.69, 9.17) is 9.84 Å². The predicted molar refractivity (Wildman–Crippen MR) is 55.3 cm³/mol. The van der Waals surface area contributed by atoms with Crippen molar-refractivity contribution >= 4 is 5.91 Å². The number of aliphatic hydroxyl groups excluding tert-OH is 1. The summed E-state index contributed by atoms with van der Waals surface area (Å²) in [5.74, 6) is 0.0897. The first-order valence-electron chi connectivity index (χ1n) is 5.60. The number of carbonyl (C=O) groups excluding carboxylic acids is 1. The number of carbonyl (C=O) groups is 1. The van der Waals surface area contributed by atoms with Crippen molar-refractivity contribution in [2.24, 2.45) is 5.92 Å². The van der Waals surface area contributed by atoms with Gasteiger partial charge in [0.2, 0.25) is 5.91 Å². The molecule has 15 heavy (non-hydrogen) atoms. The molecule has 0 aromatic rings. The predicted octanol–water partition coefficient (Wildman–Crippen LogP) is 0.443. The van der Waals surface area contributed by atoms with Crippen LogP contribution in [0.15, 0.2) is 0 Å². The minimum absolute atomic E-state index is 0.0190. The molecule has 1 amide bonds. The molecule has 2 bridgehead atoms. The van der Waals surface area contributed by atoms with Crippen LogP contribution in [-0.4, -0.2) is 35.4 Å². The maximum absolute atomic E-state index is 11.4. The summed E-state index contributed by atoms with van der Waals surface area (Å²) in [5.41, 5.74) is -0.449. The van der Waals surface area contributed by atoms with E-state index < -0.39 is 0 Å². The van der Waals surface area contributed by atoms with E-state index in [1.807, 2.05) is 13.8 Å². The SMILES string of the molecule is CC(C)C(=O)NCC12CC[C@](CO)(C1)O2. The Morgan fingerprint density at radius 3 is 2.53 bits per heavy atom. The van der Waals surface area contributed by atoms with Crippen LogP contribution < -0.4 is 5.32 Å². The van der Waals surface area contributed by atoms with Crippen molar-refractivity contribution in [2.75, 3.05) is 13.2 Å². The number of ether oxygens (including phenoxy) is 1. The monoisotopic (exact) mass is 213 g/mol. The normalized spacial score (nSPS) is 37.9. The standard InChI is InChI=1S/C11H19NO3/c1-8(2)9(14)12-6-10-3-4-11(5-10,7-13)15-10/h8,13H,3-7H2,1-2H3,(H,12,14)/t10?,11-/m1/s1. The van der Waals surface area contributed by atoms with Gasteiger partial charge in [-0.3, -0.25) is 4.79 Å². The van der Waals surface area contributed by atoms with Gasteiger partial charge in [-0.25, -0.2) is 0 Å². The summed E-state index contributed by atoms with van der Waals surface area (Å²) in [5, 5.41) is 12.0. The van der Waals surface area contributed by atoms with Crippen molar-refractivity contribution in [3.05, 3.63) is 0 Å². The lowest BCUT2D eigenvalue weighted by Crippen LogP contribution is -2.58. The number of nitrogens with one attached hydrogen (secondary N) is 1. The van der Waals surface area contributed by atoms with E-state index in [0.29, 0.717) is 6.54 Å². The molecule has 0 spiro atoms. The summed E-state index contributed by atoms with van der Waals surface area (Å²) in [6, 6.07) is 0. The largest absolute Gasteiger partial charge is 0.393 e. The number of aliphatic hydroxyl groups is 1. The Bertz CT molecular complexity index is 269. The molecule has 2 heterocycles. The average Bonchev–Trinajstić information content (AvgIpc) is 2.69. The number of hydrogen-bond acceptors (Lipinski definition) is 3. The maximum Gasteiger partial charge on any atom is 0.222 e. The molecular formula is C11H19NO3. The lowest BCUT2D eigenvalue weighted by atomic mass is 9.89. The second-order valence-corrected chi connectivity index (χ2v) is 5.18. The second kappa shape index (κ2) is 3.46. The van der Waals surface area contributed by atoms with Crippen LogP contribution in [0, 0.1) is 5.92 Å². The van der Waals surface area contributed by atoms with E-state index in [2.05, 4.69) is 5.32 Å².